The summed E-state index contributed by atoms with van der Waals surface area (Å²) in [6.45, 7) is 1.03. The number of amides is 1. The van der Waals surface area contributed by atoms with E-state index in [1.807, 2.05) is 0 Å². The van der Waals surface area contributed by atoms with Crippen LogP contribution < -0.4 is 4.74 Å². The molecule has 0 aliphatic carbocycles. The van der Waals surface area contributed by atoms with Crippen molar-refractivity contribution in [1.82, 2.24) is 10.1 Å². The van der Waals surface area contributed by atoms with E-state index >= 15 is 0 Å². The van der Waals surface area contributed by atoms with E-state index in [2.05, 4.69) is 19.9 Å². The first-order valence-corrected chi connectivity index (χ1v) is 10.6. The first kappa shape index (κ1) is 23.1. The van der Waals surface area contributed by atoms with Gasteiger partial charge in [0.25, 0.3) is 0 Å². The van der Waals surface area contributed by atoms with Gasteiger partial charge < -0.3 is 14.0 Å². The molecule has 1 aromatic heterocycles. The average molecular weight is 456 g/mol. The summed E-state index contributed by atoms with van der Waals surface area (Å²) in [5.74, 6) is 1.40. The number of aryl methyl sites for hydroxylation is 1. The molecule has 8 nitrogen and oxygen atoms in total. The zero-order valence-corrected chi connectivity index (χ0v) is 18.8. The van der Waals surface area contributed by atoms with Crippen molar-refractivity contribution >= 4 is 34.3 Å². The van der Waals surface area contributed by atoms with Crippen molar-refractivity contribution in [2.45, 2.75) is 13.6 Å². The van der Waals surface area contributed by atoms with Crippen LogP contribution in [-0.4, -0.2) is 47.5 Å². The Morgan fingerprint density at radius 1 is 1.19 bits per heavy atom. The van der Waals surface area contributed by atoms with E-state index in [1.54, 1.807) is 55.6 Å². The molecule has 3 rings (SSSR count). The number of halogens is 1. The van der Waals surface area contributed by atoms with Crippen LogP contribution in [0, 0.1) is 6.92 Å². The van der Waals surface area contributed by atoms with E-state index < -0.39 is 12.8 Å². The minimum absolute atomic E-state index is 0.313. The second-order valence-corrected chi connectivity index (χ2v) is 7.23. The van der Waals surface area contributed by atoms with Crippen LogP contribution in [0.15, 0.2) is 57.0 Å². The maximum absolute atomic E-state index is 13.4. The van der Waals surface area contributed by atoms with Gasteiger partial charge in [0.2, 0.25) is 11.7 Å². The number of thioether (sulfide) groups is 1. The predicted molar refractivity (Wildman–Crippen MR) is 122 cm³/mol. The number of hydrogen-bond donors (Lipinski definition) is 0. The molecule has 0 fully saturated rings. The third kappa shape index (κ3) is 5.58. The Kier molecular flexibility index (Phi) is 7.72. The van der Waals surface area contributed by atoms with Crippen LogP contribution in [0.2, 0.25) is 0 Å². The zero-order valence-electron chi connectivity index (χ0n) is 18.0. The number of aromatic nitrogens is 2. The minimum Gasteiger partial charge on any atom is -0.497 e. The van der Waals surface area contributed by atoms with Crippen molar-refractivity contribution < 1.29 is 23.2 Å². The summed E-state index contributed by atoms with van der Waals surface area (Å²) in [4.78, 5) is 24.7. The number of carbonyl (C=O) groups is 1. The molecule has 10 heteroatoms. The van der Waals surface area contributed by atoms with Gasteiger partial charge in [-0.25, -0.2) is 14.2 Å². The van der Waals surface area contributed by atoms with Gasteiger partial charge in [0, 0.05) is 18.1 Å². The van der Waals surface area contributed by atoms with Crippen molar-refractivity contribution in [2.75, 3.05) is 20.5 Å². The summed E-state index contributed by atoms with van der Waals surface area (Å²) in [7, 11) is 2.74. The van der Waals surface area contributed by atoms with Crippen molar-refractivity contribution in [2.24, 2.45) is 9.98 Å². The number of methoxy groups -OCH3 is 2. The lowest BCUT2D eigenvalue weighted by molar-refractivity contribution is 0.183. The Morgan fingerprint density at radius 2 is 1.94 bits per heavy atom. The number of aliphatic imine (C=N–C) groups is 2. The molecule has 0 saturated heterocycles. The van der Waals surface area contributed by atoms with Gasteiger partial charge in [-0.15, -0.1) is 11.8 Å². The lowest BCUT2D eigenvalue weighted by Crippen LogP contribution is -2.15. The molecule has 1 heterocycles. The Hall–Kier alpha value is -3.53. The maximum Gasteiger partial charge on any atom is 0.434 e. The van der Waals surface area contributed by atoms with Crippen LogP contribution in [-0.2, 0) is 11.4 Å². The topological polar surface area (TPSA) is 99.2 Å². The maximum atomic E-state index is 13.4. The van der Waals surface area contributed by atoms with Gasteiger partial charge in [-0.05, 0) is 54.3 Å². The summed E-state index contributed by atoms with van der Waals surface area (Å²) in [5.41, 5.74) is 2.68. The SMILES string of the molecule is COC(=O)N=C(SC)C(=Nc1ccc(-c2noc(C)n2)cc1)c1cc(CF)cc(OC)c1. The first-order chi connectivity index (χ1) is 15.5. The second kappa shape index (κ2) is 10.7. The van der Waals surface area contributed by atoms with Gasteiger partial charge in [-0.2, -0.15) is 9.98 Å². The Morgan fingerprint density at radius 3 is 2.50 bits per heavy atom. The Labute approximate surface area is 188 Å². The lowest BCUT2D eigenvalue weighted by Gasteiger charge is -2.12. The lowest BCUT2D eigenvalue weighted by atomic mass is 10.1. The van der Waals surface area contributed by atoms with Crippen LogP contribution in [0.3, 0.4) is 0 Å². The number of alkyl halides is 1. The van der Waals surface area contributed by atoms with Gasteiger partial charge in [0.05, 0.1) is 19.9 Å². The molecule has 0 unspecified atom stereocenters. The molecule has 32 heavy (non-hydrogen) atoms. The highest BCUT2D eigenvalue weighted by atomic mass is 32.2. The summed E-state index contributed by atoms with van der Waals surface area (Å²) in [6, 6.07) is 12.1. The fourth-order valence-electron chi connectivity index (χ4n) is 2.78. The highest BCUT2D eigenvalue weighted by Crippen LogP contribution is 2.25. The fourth-order valence-corrected chi connectivity index (χ4v) is 3.31. The summed E-state index contributed by atoms with van der Waals surface area (Å²) in [5, 5.41) is 4.21. The standard InChI is InChI=1S/C22H21FN4O4S/c1-13-24-20(27-31-13)15-5-7-17(8-6-15)25-19(21(32-4)26-22(28)30-3)16-9-14(12-23)10-18(11-16)29-2/h5-11H,12H2,1-4H3. The van der Waals surface area contributed by atoms with Crippen LogP contribution in [0.25, 0.3) is 11.4 Å². The predicted octanol–water partition coefficient (Wildman–Crippen LogP) is 5.17. The monoisotopic (exact) mass is 456 g/mol. The molecule has 166 valence electrons. The molecule has 2 aromatic carbocycles. The molecule has 0 N–H and O–H groups in total. The van der Waals surface area contributed by atoms with E-state index in [0.717, 1.165) is 5.56 Å². The summed E-state index contributed by atoms with van der Waals surface area (Å²) >= 11 is 1.22. The molecule has 0 radical (unpaired) electrons. The van der Waals surface area contributed by atoms with E-state index in [-0.39, 0.29) is 0 Å². The molecule has 1 amide bonds. The average Bonchev–Trinajstić information content (AvgIpc) is 3.27. The normalized spacial score (nSPS) is 12.0. The molecule has 3 aromatic rings. The smallest absolute Gasteiger partial charge is 0.434 e. The number of nitrogens with zero attached hydrogens (tertiary/aromatic N) is 4. The van der Waals surface area contributed by atoms with Crippen LogP contribution in [0.4, 0.5) is 14.9 Å². The number of carbonyl (C=O) groups excluding carboxylic acids is 1. The minimum atomic E-state index is -0.765. The fraction of sp³-hybridized carbons (Fsp3) is 0.227. The molecule has 0 spiro atoms. The highest BCUT2D eigenvalue weighted by Gasteiger charge is 2.16. The Balaban J connectivity index is 2.11. The quantitative estimate of drug-likeness (QED) is 0.373. The van der Waals surface area contributed by atoms with E-state index in [0.29, 0.717) is 45.0 Å². The van der Waals surface area contributed by atoms with E-state index in [1.165, 1.54) is 26.0 Å². The van der Waals surface area contributed by atoms with E-state index in [4.69, 9.17) is 14.3 Å². The molecule has 0 aliphatic rings. The molecule has 0 bridgehead atoms. The zero-order chi connectivity index (χ0) is 23.1. The van der Waals surface area contributed by atoms with Gasteiger partial charge in [-0.3, -0.25) is 0 Å². The van der Waals surface area contributed by atoms with Crippen LogP contribution in [0.5, 0.6) is 5.75 Å². The number of hydrogen-bond acceptors (Lipinski definition) is 8. The van der Waals surface area contributed by atoms with Gasteiger partial charge >= 0.3 is 6.09 Å². The first-order valence-electron chi connectivity index (χ1n) is 9.42. The third-order valence-corrected chi connectivity index (χ3v) is 4.96. The molecular formula is C22H21FN4O4S. The molecular weight excluding hydrogens is 435 g/mol. The van der Waals surface area contributed by atoms with Crippen molar-refractivity contribution in [3.8, 4) is 17.1 Å². The number of ether oxygens (including phenoxy) is 2. The van der Waals surface area contributed by atoms with Crippen LogP contribution in [0.1, 0.15) is 17.0 Å². The van der Waals surface area contributed by atoms with Gasteiger partial charge in [-0.1, -0.05) is 5.16 Å². The van der Waals surface area contributed by atoms with Gasteiger partial charge in [0.1, 0.15) is 23.2 Å². The van der Waals surface area contributed by atoms with Crippen molar-refractivity contribution in [3.63, 3.8) is 0 Å². The van der Waals surface area contributed by atoms with Crippen LogP contribution >= 0.6 is 11.8 Å². The summed E-state index contributed by atoms with van der Waals surface area (Å²) in [6.07, 6.45) is 0.994. The molecule has 0 aliphatic heterocycles. The third-order valence-electron chi connectivity index (χ3n) is 4.29. The molecule has 0 atom stereocenters. The summed E-state index contributed by atoms with van der Waals surface area (Å²) < 4.78 is 28.4. The number of benzene rings is 2. The highest BCUT2D eigenvalue weighted by molar-refractivity contribution is 8.15. The molecule has 0 saturated carbocycles. The number of rotatable bonds is 6. The largest absolute Gasteiger partial charge is 0.497 e. The second-order valence-electron chi connectivity index (χ2n) is 6.44. The Bertz CT molecular complexity index is 1140. The van der Waals surface area contributed by atoms with Gasteiger partial charge in [0.15, 0.2) is 0 Å². The van der Waals surface area contributed by atoms with E-state index in [9.17, 15) is 9.18 Å². The van der Waals surface area contributed by atoms with Crippen molar-refractivity contribution in [1.29, 1.82) is 0 Å². The van der Waals surface area contributed by atoms with Crippen molar-refractivity contribution in [3.05, 3.63) is 59.5 Å².